The highest BCUT2D eigenvalue weighted by molar-refractivity contribution is 6.31. The molecule has 2 aliphatic rings. The number of ether oxygens (including phenoxy) is 2. The fourth-order valence-corrected chi connectivity index (χ4v) is 4.68. The molecule has 0 aromatic heterocycles. The van der Waals surface area contributed by atoms with Gasteiger partial charge in [-0.1, -0.05) is 37.5 Å². The van der Waals surface area contributed by atoms with Crippen molar-refractivity contribution in [3.63, 3.8) is 0 Å². The number of methoxy groups -OCH3 is 1. The Kier molecular flexibility index (Phi) is 7.83. The zero-order valence-corrected chi connectivity index (χ0v) is 20.2. The Labute approximate surface area is 209 Å². The molecule has 2 fully saturated rings. The predicted octanol–water partition coefficient (Wildman–Crippen LogP) is 4.94. The van der Waals surface area contributed by atoms with Gasteiger partial charge in [-0.3, -0.25) is 19.8 Å². The molecule has 2 aromatic carbocycles. The maximum Gasteiger partial charge on any atom is 0.331 e. The summed E-state index contributed by atoms with van der Waals surface area (Å²) in [6.45, 7) is 3.92. The number of carbonyl (C=O) groups excluding carboxylic acids is 3. The lowest BCUT2D eigenvalue weighted by Gasteiger charge is -2.35. The first-order valence-electron chi connectivity index (χ1n) is 12.0. The van der Waals surface area contributed by atoms with Crippen LogP contribution in [0, 0.1) is 5.82 Å². The van der Waals surface area contributed by atoms with Crippen LogP contribution in [0.5, 0.6) is 11.5 Å². The summed E-state index contributed by atoms with van der Waals surface area (Å²) >= 11 is 0. The van der Waals surface area contributed by atoms with E-state index in [4.69, 9.17) is 9.47 Å². The number of nitrogens with zero attached hydrogens (tertiary/aromatic N) is 1. The number of barbiturate groups is 1. The Balaban J connectivity index is 1.66. The molecule has 0 bridgehead atoms. The van der Waals surface area contributed by atoms with E-state index in [-0.39, 0.29) is 24.0 Å². The Morgan fingerprint density at radius 3 is 2.61 bits per heavy atom. The number of allylic oxidation sites excluding steroid dienone is 1. The second-order valence-electron chi connectivity index (χ2n) is 8.91. The van der Waals surface area contributed by atoms with E-state index in [9.17, 15) is 18.8 Å². The maximum absolute atomic E-state index is 13.6. The average molecular weight is 493 g/mol. The van der Waals surface area contributed by atoms with Crippen LogP contribution in [0.2, 0.25) is 0 Å². The number of carbonyl (C=O) groups is 3. The third kappa shape index (κ3) is 5.48. The van der Waals surface area contributed by atoms with Gasteiger partial charge in [0, 0.05) is 11.6 Å². The quantitative estimate of drug-likeness (QED) is 0.321. The van der Waals surface area contributed by atoms with Crippen molar-refractivity contribution >= 4 is 23.9 Å². The maximum atomic E-state index is 13.6. The van der Waals surface area contributed by atoms with Crippen molar-refractivity contribution in [2.45, 2.75) is 51.2 Å². The van der Waals surface area contributed by atoms with E-state index in [0.717, 1.165) is 37.7 Å². The number of hydrogen-bond acceptors (Lipinski definition) is 5. The number of halogens is 1. The number of amides is 4. The van der Waals surface area contributed by atoms with E-state index < -0.39 is 17.8 Å². The first kappa shape index (κ1) is 25.2. The predicted molar refractivity (Wildman–Crippen MR) is 133 cm³/mol. The van der Waals surface area contributed by atoms with Gasteiger partial charge in [-0.2, -0.15) is 0 Å². The summed E-state index contributed by atoms with van der Waals surface area (Å²) in [4.78, 5) is 39.5. The van der Waals surface area contributed by atoms with Gasteiger partial charge in [0.05, 0.1) is 7.11 Å². The third-order valence-corrected chi connectivity index (χ3v) is 6.39. The van der Waals surface area contributed by atoms with Crippen LogP contribution in [-0.2, 0) is 22.6 Å². The fraction of sp³-hybridized carbons (Fsp3) is 0.321. The Morgan fingerprint density at radius 1 is 1.14 bits per heavy atom. The van der Waals surface area contributed by atoms with Gasteiger partial charge in [0.15, 0.2) is 11.5 Å². The molecular weight excluding hydrogens is 463 g/mol. The summed E-state index contributed by atoms with van der Waals surface area (Å²) < 4.78 is 25.1. The molecule has 8 heteroatoms. The summed E-state index contributed by atoms with van der Waals surface area (Å²) in [5, 5.41) is 2.31. The van der Waals surface area contributed by atoms with Gasteiger partial charge in [0.2, 0.25) is 0 Å². The largest absolute Gasteiger partial charge is 0.493 e. The van der Waals surface area contributed by atoms with Crippen LogP contribution in [0.4, 0.5) is 9.18 Å². The Bertz CT molecular complexity index is 1220. The number of imide groups is 2. The molecule has 2 aromatic rings. The highest BCUT2D eigenvalue weighted by atomic mass is 19.1. The van der Waals surface area contributed by atoms with Gasteiger partial charge < -0.3 is 9.47 Å². The van der Waals surface area contributed by atoms with Crippen LogP contribution >= 0.6 is 0 Å². The minimum Gasteiger partial charge on any atom is -0.493 e. The lowest BCUT2D eigenvalue weighted by atomic mass is 9.93. The van der Waals surface area contributed by atoms with Crippen molar-refractivity contribution in [2.24, 2.45) is 0 Å². The average Bonchev–Trinajstić information content (AvgIpc) is 2.86. The molecule has 1 saturated heterocycles. The number of benzene rings is 2. The lowest BCUT2D eigenvalue weighted by molar-refractivity contribution is -0.132. The zero-order valence-electron chi connectivity index (χ0n) is 20.2. The molecule has 7 nitrogen and oxygen atoms in total. The highest BCUT2D eigenvalue weighted by Gasteiger charge is 2.40. The first-order valence-corrected chi connectivity index (χ1v) is 12.0. The smallest absolute Gasteiger partial charge is 0.331 e. The lowest BCUT2D eigenvalue weighted by Crippen LogP contribution is -2.58. The van der Waals surface area contributed by atoms with Crippen LogP contribution in [0.15, 0.2) is 54.6 Å². The molecule has 4 rings (SSSR count). The van der Waals surface area contributed by atoms with Gasteiger partial charge >= 0.3 is 6.03 Å². The Morgan fingerprint density at radius 2 is 1.92 bits per heavy atom. The summed E-state index contributed by atoms with van der Waals surface area (Å²) in [7, 11) is 1.49. The zero-order chi connectivity index (χ0) is 25.7. The van der Waals surface area contributed by atoms with E-state index in [2.05, 4.69) is 11.9 Å². The molecule has 0 atom stereocenters. The summed E-state index contributed by atoms with van der Waals surface area (Å²) in [6, 6.07) is 8.68. The molecule has 1 N–H and O–H groups in total. The topological polar surface area (TPSA) is 84.9 Å². The van der Waals surface area contributed by atoms with Crippen molar-refractivity contribution in [3.8, 4) is 11.5 Å². The van der Waals surface area contributed by atoms with Gasteiger partial charge in [0.1, 0.15) is 18.0 Å². The van der Waals surface area contributed by atoms with Crippen molar-refractivity contribution in [2.75, 3.05) is 7.11 Å². The fourth-order valence-electron chi connectivity index (χ4n) is 4.68. The summed E-state index contributed by atoms with van der Waals surface area (Å²) in [5.74, 6) is -0.824. The highest BCUT2D eigenvalue weighted by Crippen LogP contribution is 2.35. The molecule has 0 spiro atoms. The number of hydrogen-bond donors (Lipinski definition) is 1. The minimum absolute atomic E-state index is 0.111. The van der Waals surface area contributed by atoms with E-state index in [1.807, 2.05) is 0 Å². The van der Waals surface area contributed by atoms with Crippen molar-refractivity contribution in [1.29, 1.82) is 0 Å². The SMILES string of the molecule is C=CCc1cc(C=C2C(=O)NC(=O)N(C3CCCCC3)C2=O)cc(OC)c1OCc1cccc(F)c1. The number of urea groups is 1. The van der Waals surface area contributed by atoms with E-state index in [1.54, 1.807) is 30.3 Å². The van der Waals surface area contributed by atoms with Crippen LogP contribution in [0.1, 0.15) is 48.8 Å². The molecule has 4 amide bonds. The first-order chi connectivity index (χ1) is 17.4. The molecule has 1 saturated carbocycles. The van der Waals surface area contributed by atoms with Gasteiger partial charge in [-0.25, -0.2) is 9.18 Å². The minimum atomic E-state index is -0.729. The van der Waals surface area contributed by atoms with Crippen LogP contribution in [-0.4, -0.2) is 35.9 Å². The van der Waals surface area contributed by atoms with Crippen LogP contribution in [0.25, 0.3) is 6.08 Å². The van der Waals surface area contributed by atoms with Crippen molar-refractivity contribution in [1.82, 2.24) is 10.2 Å². The van der Waals surface area contributed by atoms with Crippen molar-refractivity contribution < 1.29 is 28.2 Å². The van der Waals surface area contributed by atoms with E-state index >= 15 is 0 Å². The molecule has 36 heavy (non-hydrogen) atoms. The second kappa shape index (κ2) is 11.2. The monoisotopic (exact) mass is 492 g/mol. The van der Waals surface area contributed by atoms with Crippen molar-refractivity contribution in [3.05, 3.63) is 77.1 Å². The molecule has 0 unspecified atom stereocenters. The Hall–Kier alpha value is -3.94. The van der Waals surface area contributed by atoms with Gasteiger partial charge in [-0.05, 0) is 60.7 Å². The van der Waals surface area contributed by atoms with Crippen LogP contribution in [0.3, 0.4) is 0 Å². The number of rotatable bonds is 8. The number of nitrogens with one attached hydrogen (secondary N) is 1. The molecule has 188 valence electrons. The third-order valence-electron chi connectivity index (χ3n) is 6.39. The van der Waals surface area contributed by atoms with E-state index in [0.29, 0.717) is 29.0 Å². The normalized spacial score (nSPS) is 17.8. The molecule has 0 radical (unpaired) electrons. The van der Waals surface area contributed by atoms with Crippen LogP contribution < -0.4 is 14.8 Å². The molecule has 1 heterocycles. The second-order valence-corrected chi connectivity index (χ2v) is 8.91. The van der Waals surface area contributed by atoms with E-state index in [1.165, 1.54) is 30.2 Å². The molecule has 1 aliphatic heterocycles. The molecular formula is C28H29FN2O5. The molecule has 1 aliphatic carbocycles. The standard InChI is InChI=1S/C28H29FN2O5/c1-3-8-20-13-19(16-24(35-2)25(20)36-17-18-9-7-10-21(29)14-18)15-23-26(32)30-28(34)31(27(23)33)22-11-5-4-6-12-22/h3,7,9-10,13-16,22H,1,4-6,8,11-12,17H2,2H3,(H,30,32,34). The summed E-state index contributed by atoms with van der Waals surface area (Å²) in [5.41, 5.74) is 1.81. The van der Waals surface area contributed by atoms with Gasteiger partial charge in [-0.15, -0.1) is 6.58 Å². The van der Waals surface area contributed by atoms with Gasteiger partial charge in [0.25, 0.3) is 11.8 Å². The summed E-state index contributed by atoms with van der Waals surface area (Å²) in [6.07, 6.45) is 8.00.